The Bertz CT molecular complexity index is 1120. The first-order valence-electron chi connectivity index (χ1n) is 14.9. The van der Waals surface area contributed by atoms with E-state index in [0.29, 0.717) is 12.8 Å². The molecule has 2 heterocycles. The number of allylic oxidation sites excluding steroid dienone is 1. The minimum Gasteiger partial charge on any atom is -0.481 e. The Hall–Kier alpha value is -1.89. The van der Waals surface area contributed by atoms with Crippen molar-refractivity contribution >= 4 is 17.9 Å². The van der Waals surface area contributed by atoms with Crippen molar-refractivity contribution < 1.29 is 33.7 Å². The Morgan fingerprint density at radius 1 is 1.15 bits per heavy atom. The van der Waals surface area contributed by atoms with Crippen LogP contribution in [0.5, 0.6) is 0 Å². The lowest BCUT2D eigenvalue weighted by molar-refractivity contribution is -0.237. The number of esters is 2. The van der Waals surface area contributed by atoms with E-state index in [2.05, 4.69) is 27.7 Å². The smallest absolute Gasteiger partial charge is 0.309 e. The third-order valence-electron chi connectivity index (χ3n) is 12.3. The normalized spacial score (nSPS) is 42.1. The lowest BCUT2D eigenvalue weighted by atomic mass is 9.37. The Labute approximate surface area is 233 Å². The zero-order valence-electron chi connectivity index (χ0n) is 25.3. The van der Waals surface area contributed by atoms with Gasteiger partial charge < -0.3 is 19.3 Å². The van der Waals surface area contributed by atoms with Crippen molar-refractivity contribution in [2.24, 2.45) is 39.4 Å². The molecule has 0 aromatic carbocycles. The largest absolute Gasteiger partial charge is 0.481 e. The highest BCUT2D eigenvalue weighted by Crippen LogP contribution is 2.74. The molecule has 2 aliphatic heterocycles. The zero-order chi connectivity index (χ0) is 28.9. The number of fused-ring (bicyclic) bond motifs is 2. The summed E-state index contributed by atoms with van der Waals surface area (Å²) in [7, 11) is 0. The summed E-state index contributed by atoms with van der Waals surface area (Å²) in [5.74, 6) is -1.06. The molecule has 2 saturated carbocycles. The number of carbonyl (C=O) groups is 3. The molecule has 218 valence electrons. The highest BCUT2D eigenvalue weighted by Gasteiger charge is 2.71. The van der Waals surface area contributed by atoms with E-state index in [1.165, 1.54) is 18.1 Å². The molecule has 7 heteroatoms. The van der Waals surface area contributed by atoms with E-state index in [0.717, 1.165) is 25.7 Å². The van der Waals surface area contributed by atoms with Crippen molar-refractivity contribution in [3.05, 3.63) is 11.1 Å². The molecule has 39 heavy (non-hydrogen) atoms. The standard InChI is InChI=1S/C32H48O7/c1-17(14-22(37-18(2)33)26-29(5,6)39-26)19-10-12-31(8)20(19)15-21-25-30(7,16-24(34)38-21)23(11-13-32(25,31)9)28(3,4)27(35)36/h17,21-23,25-26H,10-16H2,1-9H3,(H,35,36)/t17-,21+,22+,23-,25+,26-,30+,31+,32+/m1/s1. The van der Waals surface area contributed by atoms with Gasteiger partial charge in [-0.3, -0.25) is 14.4 Å². The van der Waals surface area contributed by atoms with E-state index in [-0.39, 0.29) is 70.9 Å². The topological polar surface area (TPSA) is 102 Å². The van der Waals surface area contributed by atoms with Gasteiger partial charge in [0.25, 0.3) is 0 Å². The van der Waals surface area contributed by atoms with Crippen LogP contribution in [0.3, 0.4) is 0 Å². The summed E-state index contributed by atoms with van der Waals surface area (Å²) in [6.07, 6.45) is 4.82. The van der Waals surface area contributed by atoms with Crippen molar-refractivity contribution in [3.8, 4) is 0 Å². The molecule has 4 fully saturated rings. The fourth-order valence-corrected chi connectivity index (χ4v) is 10.2. The van der Waals surface area contributed by atoms with Crippen molar-refractivity contribution in [1.29, 1.82) is 0 Å². The SMILES string of the molecule is CC(=O)O[C@@H](C[C@@H](C)C1=C2C[C@@H]3OC(=O)C[C@@]4(C)[C@@H](C(C)(C)C(=O)O)CC[C@@](C)([C@@H]34)[C@@]2(C)CC1)[C@H]1OC1(C)C. The number of ether oxygens (including phenoxy) is 3. The van der Waals surface area contributed by atoms with E-state index >= 15 is 0 Å². The van der Waals surface area contributed by atoms with Gasteiger partial charge in [0.2, 0.25) is 0 Å². The molecule has 0 unspecified atom stereocenters. The van der Waals surface area contributed by atoms with Crippen LogP contribution < -0.4 is 0 Å². The van der Waals surface area contributed by atoms with Crippen molar-refractivity contribution in [2.45, 2.75) is 131 Å². The number of carboxylic acids is 1. The van der Waals surface area contributed by atoms with Gasteiger partial charge >= 0.3 is 17.9 Å². The minimum absolute atomic E-state index is 0.0482. The van der Waals surface area contributed by atoms with Gasteiger partial charge in [0, 0.05) is 19.3 Å². The second-order valence-corrected chi connectivity index (χ2v) is 15.2. The predicted octanol–water partition coefficient (Wildman–Crippen LogP) is 6.09. The highest BCUT2D eigenvalue weighted by atomic mass is 16.6. The molecule has 5 rings (SSSR count). The van der Waals surface area contributed by atoms with Gasteiger partial charge in [-0.25, -0.2) is 0 Å². The molecule has 0 aromatic rings. The summed E-state index contributed by atoms with van der Waals surface area (Å²) in [4.78, 5) is 37.4. The van der Waals surface area contributed by atoms with Gasteiger partial charge in [-0.05, 0) is 87.9 Å². The number of hydrogen-bond acceptors (Lipinski definition) is 6. The highest BCUT2D eigenvalue weighted by molar-refractivity contribution is 5.76. The van der Waals surface area contributed by atoms with Crippen LogP contribution in [0.1, 0.15) is 107 Å². The van der Waals surface area contributed by atoms with Crippen molar-refractivity contribution in [2.75, 3.05) is 0 Å². The molecule has 0 bridgehead atoms. The van der Waals surface area contributed by atoms with Crippen LogP contribution in [0.4, 0.5) is 0 Å². The maximum atomic E-state index is 13.1. The fourth-order valence-electron chi connectivity index (χ4n) is 10.2. The van der Waals surface area contributed by atoms with Crippen LogP contribution in [0.2, 0.25) is 0 Å². The lowest BCUT2D eigenvalue weighted by Gasteiger charge is -2.68. The first kappa shape index (κ1) is 28.6. The van der Waals surface area contributed by atoms with Crippen LogP contribution in [-0.4, -0.2) is 46.9 Å². The zero-order valence-corrected chi connectivity index (χ0v) is 25.3. The minimum atomic E-state index is -0.922. The molecule has 3 aliphatic carbocycles. The van der Waals surface area contributed by atoms with Crippen molar-refractivity contribution in [3.63, 3.8) is 0 Å². The Morgan fingerprint density at radius 2 is 1.79 bits per heavy atom. The molecule has 1 N–H and O–H groups in total. The summed E-state index contributed by atoms with van der Waals surface area (Å²) < 4.78 is 17.8. The number of carboxylic acid groups (broad SMARTS) is 1. The third-order valence-corrected chi connectivity index (χ3v) is 12.3. The summed E-state index contributed by atoms with van der Waals surface area (Å²) in [6.45, 7) is 18.4. The molecule has 2 saturated heterocycles. The van der Waals surface area contributed by atoms with Gasteiger partial charge in [0.15, 0.2) is 0 Å². The number of epoxide rings is 1. The average molecular weight is 545 g/mol. The molecule has 0 radical (unpaired) electrons. The Morgan fingerprint density at radius 3 is 2.36 bits per heavy atom. The molecule has 0 aromatic heterocycles. The quantitative estimate of drug-likeness (QED) is 0.235. The van der Waals surface area contributed by atoms with Gasteiger partial charge in [0.05, 0.1) is 17.4 Å². The summed E-state index contributed by atoms with van der Waals surface area (Å²) in [5, 5.41) is 10.2. The van der Waals surface area contributed by atoms with Crippen LogP contribution in [-0.2, 0) is 28.6 Å². The van der Waals surface area contributed by atoms with E-state index in [4.69, 9.17) is 14.2 Å². The first-order chi connectivity index (χ1) is 17.9. The van der Waals surface area contributed by atoms with E-state index in [9.17, 15) is 19.5 Å². The van der Waals surface area contributed by atoms with Crippen molar-refractivity contribution in [1.82, 2.24) is 0 Å². The molecular weight excluding hydrogens is 496 g/mol. The third kappa shape index (κ3) is 4.11. The predicted molar refractivity (Wildman–Crippen MR) is 146 cm³/mol. The summed E-state index contributed by atoms with van der Waals surface area (Å²) in [6, 6.07) is 0. The van der Waals surface area contributed by atoms with E-state index < -0.39 is 16.8 Å². The van der Waals surface area contributed by atoms with Gasteiger partial charge in [-0.1, -0.05) is 38.8 Å². The number of rotatable bonds is 7. The molecule has 5 aliphatic rings. The van der Waals surface area contributed by atoms with Gasteiger partial charge in [-0.15, -0.1) is 0 Å². The summed E-state index contributed by atoms with van der Waals surface area (Å²) in [5.41, 5.74) is 1.05. The Kier molecular flexibility index (Phi) is 6.46. The number of aliphatic carboxylic acids is 1. The molecule has 0 amide bonds. The first-order valence-corrected chi connectivity index (χ1v) is 14.9. The van der Waals surface area contributed by atoms with E-state index in [1.54, 1.807) is 0 Å². The second-order valence-electron chi connectivity index (χ2n) is 15.2. The monoisotopic (exact) mass is 544 g/mol. The van der Waals surface area contributed by atoms with Gasteiger partial charge in [-0.2, -0.15) is 0 Å². The molecule has 9 atom stereocenters. The maximum absolute atomic E-state index is 13.1. The van der Waals surface area contributed by atoms with Crippen LogP contribution in [0.15, 0.2) is 11.1 Å². The maximum Gasteiger partial charge on any atom is 0.309 e. The molecule has 0 spiro atoms. The van der Waals surface area contributed by atoms with Crippen LogP contribution in [0, 0.1) is 39.4 Å². The van der Waals surface area contributed by atoms with Crippen LogP contribution >= 0.6 is 0 Å². The molecular formula is C32H48O7. The summed E-state index contributed by atoms with van der Waals surface area (Å²) >= 11 is 0. The van der Waals surface area contributed by atoms with Gasteiger partial charge in [0.1, 0.15) is 18.3 Å². The second kappa shape index (κ2) is 8.80. The fraction of sp³-hybridized carbons (Fsp3) is 0.844. The lowest BCUT2D eigenvalue weighted by Crippen LogP contribution is -2.67. The van der Waals surface area contributed by atoms with E-state index in [1.807, 2.05) is 27.7 Å². The molecule has 7 nitrogen and oxygen atoms in total. The average Bonchev–Trinajstić information content (AvgIpc) is 3.28. The van der Waals surface area contributed by atoms with Crippen LogP contribution in [0.25, 0.3) is 0 Å². The Balaban J connectivity index is 1.51. The number of carbonyl (C=O) groups excluding carboxylic acids is 2. The number of hydrogen-bond donors (Lipinski definition) is 1.